The van der Waals surface area contributed by atoms with Crippen molar-refractivity contribution in [3.63, 3.8) is 0 Å². The lowest BCUT2D eigenvalue weighted by atomic mass is 9.91. The topological polar surface area (TPSA) is 84.3 Å². The number of hydrogen-bond acceptors (Lipinski definition) is 4. The fraction of sp³-hybridized carbons (Fsp3) is 0.304. The Hall–Kier alpha value is -3.26. The van der Waals surface area contributed by atoms with Crippen LogP contribution in [0.4, 0.5) is 4.39 Å². The highest BCUT2D eigenvalue weighted by atomic mass is 35.5. The molecule has 0 aliphatic heterocycles. The number of amides is 2. The molecular weight excluding hydrogens is 435 g/mol. The Bertz CT molecular complexity index is 1180. The maximum atomic E-state index is 14.1. The molecular formula is C23H22ClFN4O3. The van der Waals surface area contributed by atoms with E-state index in [0.29, 0.717) is 17.2 Å². The van der Waals surface area contributed by atoms with Crippen LogP contribution in [0.2, 0.25) is 5.02 Å². The molecule has 2 amide bonds. The number of para-hydroxylation sites is 1. The molecule has 4 rings (SSSR count). The second-order valence-corrected chi connectivity index (χ2v) is 8.18. The van der Waals surface area contributed by atoms with Crippen LogP contribution in [0.1, 0.15) is 35.3 Å². The van der Waals surface area contributed by atoms with E-state index >= 15 is 0 Å². The highest BCUT2D eigenvalue weighted by Crippen LogP contribution is 2.25. The fourth-order valence-corrected chi connectivity index (χ4v) is 3.98. The number of carbonyl (C=O) groups excluding carboxylic acids is 3. The van der Waals surface area contributed by atoms with E-state index in [2.05, 4.69) is 10.4 Å². The zero-order chi connectivity index (χ0) is 22.7. The molecule has 7 nitrogen and oxygen atoms in total. The van der Waals surface area contributed by atoms with Crippen LogP contribution < -0.4 is 5.32 Å². The van der Waals surface area contributed by atoms with Gasteiger partial charge >= 0.3 is 0 Å². The van der Waals surface area contributed by atoms with Gasteiger partial charge in [-0.2, -0.15) is 5.10 Å². The smallest absolute Gasteiger partial charge is 0.245 e. The summed E-state index contributed by atoms with van der Waals surface area (Å²) in [7, 11) is 0. The van der Waals surface area contributed by atoms with Crippen molar-refractivity contribution in [2.75, 3.05) is 6.54 Å². The quantitative estimate of drug-likeness (QED) is 0.527. The van der Waals surface area contributed by atoms with Crippen LogP contribution in [-0.2, 0) is 22.7 Å². The van der Waals surface area contributed by atoms with Gasteiger partial charge in [0.05, 0.1) is 17.1 Å². The molecule has 2 aromatic carbocycles. The van der Waals surface area contributed by atoms with Gasteiger partial charge in [0.2, 0.25) is 11.8 Å². The minimum Gasteiger partial charge on any atom is -0.350 e. The van der Waals surface area contributed by atoms with E-state index in [1.165, 1.54) is 10.7 Å². The Morgan fingerprint density at radius 3 is 2.72 bits per heavy atom. The predicted octanol–water partition coefficient (Wildman–Crippen LogP) is 3.34. The number of rotatable bonds is 8. The first-order chi connectivity index (χ1) is 15.5. The van der Waals surface area contributed by atoms with Crippen LogP contribution in [0.5, 0.6) is 0 Å². The molecule has 0 unspecified atom stereocenters. The van der Waals surface area contributed by atoms with Crippen LogP contribution in [-0.4, -0.2) is 45.4 Å². The number of benzene rings is 2. The van der Waals surface area contributed by atoms with E-state index in [0.717, 1.165) is 19.3 Å². The predicted molar refractivity (Wildman–Crippen MR) is 118 cm³/mol. The van der Waals surface area contributed by atoms with Crippen molar-refractivity contribution >= 4 is 40.6 Å². The SMILES string of the molecule is O=Cc1nn(CC(=O)N(CC(=O)NCc2cccc(Cl)c2F)C2CCC2)c2ccccc12. The van der Waals surface area contributed by atoms with E-state index in [1.807, 2.05) is 6.07 Å². The molecule has 0 bridgehead atoms. The van der Waals surface area contributed by atoms with E-state index in [4.69, 9.17) is 11.6 Å². The van der Waals surface area contributed by atoms with Crippen molar-refractivity contribution in [3.05, 3.63) is 64.6 Å². The van der Waals surface area contributed by atoms with Gasteiger partial charge in [-0.1, -0.05) is 41.9 Å². The lowest BCUT2D eigenvalue weighted by Crippen LogP contribution is -2.50. The number of carbonyl (C=O) groups is 3. The summed E-state index contributed by atoms with van der Waals surface area (Å²) in [6.07, 6.45) is 3.29. The van der Waals surface area contributed by atoms with Gasteiger partial charge in [-0.25, -0.2) is 4.39 Å². The average Bonchev–Trinajstić information content (AvgIpc) is 3.10. The maximum Gasteiger partial charge on any atom is 0.245 e. The van der Waals surface area contributed by atoms with Gasteiger partial charge in [-0.05, 0) is 31.4 Å². The minimum atomic E-state index is -0.571. The van der Waals surface area contributed by atoms with Gasteiger partial charge in [0, 0.05) is 23.5 Å². The second kappa shape index (κ2) is 9.48. The maximum absolute atomic E-state index is 14.1. The summed E-state index contributed by atoms with van der Waals surface area (Å²) in [5.74, 6) is -1.22. The first-order valence-electron chi connectivity index (χ1n) is 10.4. The molecule has 1 N–H and O–H groups in total. The summed E-state index contributed by atoms with van der Waals surface area (Å²) in [6, 6.07) is 11.8. The number of hydrogen-bond donors (Lipinski definition) is 1. The van der Waals surface area contributed by atoms with Gasteiger partial charge < -0.3 is 10.2 Å². The molecule has 0 atom stereocenters. The Balaban J connectivity index is 1.45. The number of fused-ring (bicyclic) bond motifs is 1. The van der Waals surface area contributed by atoms with Crippen molar-refractivity contribution in [1.82, 2.24) is 20.0 Å². The first kappa shape index (κ1) is 22.0. The summed E-state index contributed by atoms with van der Waals surface area (Å²) < 4.78 is 15.5. The van der Waals surface area contributed by atoms with E-state index in [1.54, 1.807) is 35.2 Å². The number of aromatic nitrogens is 2. The molecule has 1 aliphatic rings. The average molecular weight is 457 g/mol. The van der Waals surface area contributed by atoms with Crippen molar-refractivity contribution in [1.29, 1.82) is 0 Å². The monoisotopic (exact) mass is 456 g/mol. The molecule has 0 saturated heterocycles. The summed E-state index contributed by atoms with van der Waals surface area (Å²) in [5.41, 5.74) is 1.22. The molecule has 32 heavy (non-hydrogen) atoms. The second-order valence-electron chi connectivity index (χ2n) is 7.77. The van der Waals surface area contributed by atoms with E-state index in [-0.39, 0.29) is 53.8 Å². The summed E-state index contributed by atoms with van der Waals surface area (Å²) >= 11 is 5.78. The molecule has 0 radical (unpaired) electrons. The van der Waals surface area contributed by atoms with E-state index < -0.39 is 5.82 Å². The molecule has 1 heterocycles. The minimum absolute atomic E-state index is 0.0100. The molecule has 166 valence electrons. The van der Waals surface area contributed by atoms with Gasteiger partial charge in [0.1, 0.15) is 18.1 Å². The first-order valence-corrected chi connectivity index (χ1v) is 10.8. The number of nitrogens with one attached hydrogen (secondary N) is 1. The summed E-state index contributed by atoms with van der Waals surface area (Å²) in [6.45, 7) is -0.239. The van der Waals surface area contributed by atoms with Gasteiger partial charge in [-0.15, -0.1) is 0 Å². The van der Waals surface area contributed by atoms with E-state index in [9.17, 15) is 18.8 Å². The third kappa shape index (κ3) is 4.50. The van der Waals surface area contributed by atoms with Crippen LogP contribution >= 0.6 is 11.6 Å². The van der Waals surface area contributed by atoms with Crippen LogP contribution in [0, 0.1) is 5.82 Å². The Labute approximate surface area is 189 Å². The third-order valence-electron chi connectivity index (χ3n) is 5.74. The number of halogens is 2. The van der Waals surface area contributed by atoms with Crippen LogP contribution in [0.15, 0.2) is 42.5 Å². The normalized spacial score (nSPS) is 13.6. The fourth-order valence-electron chi connectivity index (χ4n) is 3.79. The lowest BCUT2D eigenvalue weighted by Gasteiger charge is -2.37. The van der Waals surface area contributed by atoms with Crippen molar-refractivity contribution < 1.29 is 18.8 Å². The Morgan fingerprint density at radius 2 is 2.00 bits per heavy atom. The van der Waals surface area contributed by atoms with Gasteiger partial charge in [0.25, 0.3) is 0 Å². The van der Waals surface area contributed by atoms with Crippen molar-refractivity contribution in [2.24, 2.45) is 0 Å². The summed E-state index contributed by atoms with van der Waals surface area (Å²) in [5, 5.41) is 7.58. The molecule has 1 aliphatic carbocycles. The lowest BCUT2D eigenvalue weighted by molar-refractivity contribution is -0.140. The van der Waals surface area contributed by atoms with Crippen molar-refractivity contribution in [3.8, 4) is 0 Å². The molecule has 0 spiro atoms. The third-order valence-corrected chi connectivity index (χ3v) is 6.03. The molecule has 1 aromatic heterocycles. The van der Waals surface area contributed by atoms with Gasteiger partial charge in [-0.3, -0.25) is 19.1 Å². The van der Waals surface area contributed by atoms with Crippen LogP contribution in [0.3, 0.4) is 0 Å². The zero-order valence-electron chi connectivity index (χ0n) is 17.3. The number of nitrogens with zero attached hydrogens (tertiary/aromatic N) is 3. The Morgan fingerprint density at radius 1 is 1.22 bits per heavy atom. The molecule has 3 aromatic rings. The number of aldehydes is 1. The Kier molecular flexibility index (Phi) is 6.50. The highest BCUT2D eigenvalue weighted by Gasteiger charge is 2.31. The van der Waals surface area contributed by atoms with Gasteiger partial charge in [0.15, 0.2) is 6.29 Å². The largest absolute Gasteiger partial charge is 0.350 e. The van der Waals surface area contributed by atoms with Crippen molar-refractivity contribution in [2.45, 2.75) is 38.4 Å². The zero-order valence-corrected chi connectivity index (χ0v) is 18.0. The highest BCUT2D eigenvalue weighted by molar-refractivity contribution is 6.30. The molecule has 1 saturated carbocycles. The molecule has 9 heteroatoms. The standard InChI is InChI=1S/C23H22ClFN4O3/c24-18-9-3-5-15(23(18)25)11-26-21(31)12-28(16-6-4-7-16)22(32)13-29-20-10-2-1-8-17(20)19(14-30)27-29/h1-3,5,8-10,14,16H,4,6-7,11-13H2,(H,26,31). The van der Waals surface area contributed by atoms with Crippen LogP contribution in [0.25, 0.3) is 10.9 Å². The molecule has 1 fully saturated rings. The summed E-state index contributed by atoms with van der Waals surface area (Å²) in [4.78, 5) is 38.6.